The molecule has 0 aliphatic carbocycles. The van der Waals surface area contributed by atoms with E-state index in [-0.39, 0.29) is 18.6 Å². The van der Waals surface area contributed by atoms with Crippen LogP contribution in [0.3, 0.4) is 0 Å². The van der Waals surface area contributed by atoms with Crippen molar-refractivity contribution in [3.63, 3.8) is 0 Å². The molecule has 100 valence electrons. The maximum atomic E-state index is 13.2. The highest BCUT2D eigenvalue weighted by Gasteiger charge is 2.09. The molecule has 3 nitrogen and oxygen atoms in total. The van der Waals surface area contributed by atoms with Gasteiger partial charge in [0.05, 0.1) is 4.47 Å². The van der Waals surface area contributed by atoms with Crippen molar-refractivity contribution in [3.05, 3.63) is 28.5 Å². The van der Waals surface area contributed by atoms with Crippen LogP contribution >= 0.6 is 15.9 Å². The Morgan fingerprint density at radius 1 is 1.44 bits per heavy atom. The normalized spacial score (nSPS) is 10.5. The van der Waals surface area contributed by atoms with Crippen LogP contribution in [0.15, 0.2) is 22.7 Å². The molecule has 0 radical (unpaired) electrons. The Hall–Kier alpha value is -1.10. The van der Waals surface area contributed by atoms with Crippen molar-refractivity contribution in [3.8, 4) is 5.75 Å². The molecule has 0 aliphatic rings. The van der Waals surface area contributed by atoms with E-state index < -0.39 is 5.82 Å². The van der Waals surface area contributed by atoms with Gasteiger partial charge in [-0.15, -0.1) is 0 Å². The fourth-order valence-corrected chi connectivity index (χ4v) is 1.72. The van der Waals surface area contributed by atoms with Crippen molar-refractivity contribution in [1.29, 1.82) is 0 Å². The fraction of sp³-hybridized carbons (Fsp3) is 0.462. The van der Waals surface area contributed by atoms with Gasteiger partial charge in [0.2, 0.25) is 0 Å². The van der Waals surface area contributed by atoms with E-state index in [1.807, 2.05) is 13.8 Å². The number of carbonyl (C=O) groups excluding carboxylic acids is 1. The molecule has 0 unspecified atom stereocenters. The number of nitrogens with one attached hydrogen (secondary N) is 1. The monoisotopic (exact) mass is 317 g/mol. The van der Waals surface area contributed by atoms with Crippen molar-refractivity contribution in [1.82, 2.24) is 5.32 Å². The standard InChI is InChI=1S/C13H17BrFNO2/c1-3-9(4-2)16-13(17)8-18-10-5-6-11(14)12(15)7-10/h5-7,9H,3-4,8H2,1-2H3,(H,16,17). The van der Waals surface area contributed by atoms with E-state index in [2.05, 4.69) is 21.2 Å². The predicted molar refractivity (Wildman–Crippen MR) is 72.1 cm³/mol. The highest BCUT2D eigenvalue weighted by molar-refractivity contribution is 9.10. The second kappa shape index (κ2) is 7.36. The SMILES string of the molecule is CCC(CC)NC(=O)COc1ccc(Br)c(F)c1. The molecule has 0 atom stereocenters. The lowest BCUT2D eigenvalue weighted by Crippen LogP contribution is -2.37. The van der Waals surface area contributed by atoms with E-state index in [1.54, 1.807) is 12.1 Å². The number of hydrogen-bond donors (Lipinski definition) is 1. The molecule has 0 spiro atoms. The number of benzene rings is 1. The zero-order valence-electron chi connectivity index (χ0n) is 10.5. The van der Waals surface area contributed by atoms with Crippen LogP contribution in [0.25, 0.3) is 0 Å². The second-order valence-corrected chi connectivity index (χ2v) is 4.80. The Labute approximate surface area is 115 Å². The van der Waals surface area contributed by atoms with Crippen LogP contribution in [0.5, 0.6) is 5.75 Å². The van der Waals surface area contributed by atoms with Crippen molar-refractivity contribution in [2.24, 2.45) is 0 Å². The maximum absolute atomic E-state index is 13.2. The third kappa shape index (κ3) is 4.64. The molecule has 1 aromatic rings. The molecule has 0 bridgehead atoms. The average molecular weight is 318 g/mol. The largest absolute Gasteiger partial charge is 0.484 e. The molecule has 1 aromatic carbocycles. The first-order valence-electron chi connectivity index (χ1n) is 5.94. The quantitative estimate of drug-likeness (QED) is 0.874. The van der Waals surface area contributed by atoms with Gasteiger partial charge < -0.3 is 10.1 Å². The molecule has 18 heavy (non-hydrogen) atoms. The molecule has 0 heterocycles. The molecular weight excluding hydrogens is 301 g/mol. The van der Waals surface area contributed by atoms with Crippen LogP contribution in [-0.2, 0) is 4.79 Å². The molecule has 5 heteroatoms. The third-order valence-electron chi connectivity index (χ3n) is 2.61. The summed E-state index contributed by atoms with van der Waals surface area (Å²) in [4.78, 5) is 11.6. The van der Waals surface area contributed by atoms with Gasteiger partial charge in [0.15, 0.2) is 6.61 Å². The van der Waals surface area contributed by atoms with Gasteiger partial charge in [-0.05, 0) is 40.9 Å². The molecule has 1 N–H and O–H groups in total. The first-order chi connectivity index (χ1) is 8.56. The Kier molecular flexibility index (Phi) is 6.12. The molecule has 1 amide bonds. The minimum Gasteiger partial charge on any atom is -0.484 e. The zero-order chi connectivity index (χ0) is 13.5. The van der Waals surface area contributed by atoms with Gasteiger partial charge in [-0.25, -0.2) is 4.39 Å². The minimum atomic E-state index is -0.409. The van der Waals surface area contributed by atoms with Gasteiger partial charge in [0, 0.05) is 12.1 Å². The first-order valence-corrected chi connectivity index (χ1v) is 6.73. The Balaban J connectivity index is 2.44. The molecule has 0 aliphatic heterocycles. The smallest absolute Gasteiger partial charge is 0.258 e. The fourth-order valence-electron chi connectivity index (χ4n) is 1.48. The van der Waals surface area contributed by atoms with Crippen LogP contribution < -0.4 is 10.1 Å². The number of rotatable bonds is 6. The molecule has 0 aromatic heterocycles. The molecule has 0 fully saturated rings. The second-order valence-electron chi connectivity index (χ2n) is 3.95. The van der Waals surface area contributed by atoms with Crippen molar-refractivity contribution < 1.29 is 13.9 Å². The highest BCUT2D eigenvalue weighted by Crippen LogP contribution is 2.20. The van der Waals surface area contributed by atoms with Gasteiger partial charge in [0.1, 0.15) is 11.6 Å². The topological polar surface area (TPSA) is 38.3 Å². The molecule has 0 saturated carbocycles. The first kappa shape index (κ1) is 15.0. The van der Waals surface area contributed by atoms with E-state index in [9.17, 15) is 9.18 Å². The van der Waals surface area contributed by atoms with Crippen LogP contribution in [0.2, 0.25) is 0 Å². The summed E-state index contributed by atoms with van der Waals surface area (Å²) in [6.45, 7) is 3.93. The summed E-state index contributed by atoms with van der Waals surface area (Å²) in [5.74, 6) is -0.254. The summed E-state index contributed by atoms with van der Waals surface area (Å²) >= 11 is 3.05. The van der Waals surface area contributed by atoms with E-state index >= 15 is 0 Å². The predicted octanol–water partition coefficient (Wildman–Crippen LogP) is 3.27. The molecule has 1 rings (SSSR count). The maximum Gasteiger partial charge on any atom is 0.258 e. The number of carbonyl (C=O) groups is 1. The van der Waals surface area contributed by atoms with Crippen LogP contribution in [0, 0.1) is 5.82 Å². The summed E-state index contributed by atoms with van der Waals surface area (Å²) in [6.07, 6.45) is 1.77. The lowest BCUT2D eigenvalue weighted by Gasteiger charge is -2.15. The third-order valence-corrected chi connectivity index (χ3v) is 3.25. The summed E-state index contributed by atoms with van der Waals surface area (Å²) in [6, 6.07) is 4.57. The van der Waals surface area contributed by atoms with Crippen molar-refractivity contribution in [2.45, 2.75) is 32.7 Å². The van der Waals surface area contributed by atoms with Gasteiger partial charge in [0.25, 0.3) is 5.91 Å². The molecular formula is C13H17BrFNO2. The van der Waals surface area contributed by atoms with E-state index in [1.165, 1.54) is 6.07 Å². The van der Waals surface area contributed by atoms with Gasteiger partial charge >= 0.3 is 0 Å². The van der Waals surface area contributed by atoms with Crippen molar-refractivity contribution in [2.75, 3.05) is 6.61 Å². The highest BCUT2D eigenvalue weighted by atomic mass is 79.9. The lowest BCUT2D eigenvalue weighted by molar-refractivity contribution is -0.123. The van der Waals surface area contributed by atoms with Crippen LogP contribution in [0.4, 0.5) is 4.39 Å². The number of halogens is 2. The Morgan fingerprint density at radius 3 is 2.67 bits per heavy atom. The van der Waals surface area contributed by atoms with E-state index in [0.29, 0.717) is 10.2 Å². The summed E-state index contributed by atoms with van der Waals surface area (Å²) in [7, 11) is 0. The van der Waals surface area contributed by atoms with Crippen LogP contribution in [-0.4, -0.2) is 18.6 Å². The Morgan fingerprint density at radius 2 is 2.11 bits per heavy atom. The van der Waals surface area contributed by atoms with Crippen molar-refractivity contribution >= 4 is 21.8 Å². The van der Waals surface area contributed by atoms with Gasteiger partial charge in [-0.2, -0.15) is 0 Å². The zero-order valence-corrected chi connectivity index (χ0v) is 12.1. The van der Waals surface area contributed by atoms with Crippen LogP contribution in [0.1, 0.15) is 26.7 Å². The van der Waals surface area contributed by atoms with Gasteiger partial charge in [-0.1, -0.05) is 13.8 Å². The van der Waals surface area contributed by atoms with Gasteiger partial charge in [-0.3, -0.25) is 4.79 Å². The molecule has 0 saturated heterocycles. The summed E-state index contributed by atoms with van der Waals surface area (Å²) < 4.78 is 18.8. The van der Waals surface area contributed by atoms with E-state index in [0.717, 1.165) is 12.8 Å². The summed E-state index contributed by atoms with van der Waals surface area (Å²) in [5, 5.41) is 2.85. The lowest BCUT2D eigenvalue weighted by atomic mass is 10.2. The minimum absolute atomic E-state index is 0.0996. The number of amides is 1. The Bertz CT molecular complexity index is 408. The average Bonchev–Trinajstić information content (AvgIpc) is 2.37. The number of ether oxygens (including phenoxy) is 1. The summed E-state index contributed by atoms with van der Waals surface area (Å²) in [5.41, 5.74) is 0. The number of hydrogen-bond acceptors (Lipinski definition) is 2. The van der Waals surface area contributed by atoms with E-state index in [4.69, 9.17) is 4.74 Å².